The maximum Gasteiger partial charge on any atom is 0.338 e. The molecule has 1 N–H and O–H groups in total. The molecule has 2 rings (SSSR count). The molecule has 0 radical (unpaired) electrons. The second-order valence-corrected chi connectivity index (χ2v) is 3.96. The molecule has 1 amide bonds. The van der Waals surface area contributed by atoms with Gasteiger partial charge in [-0.15, -0.1) is 0 Å². The fourth-order valence-electron chi connectivity index (χ4n) is 1.84. The number of hydrogen-bond acceptors (Lipinski definition) is 4. The summed E-state index contributed by atoms with van der Waals surface area (Å²) in [6.07, 6.45) is 4.55. The maximum absolute atomic E-state index is 12.5. The van der Waals surface area contributed by atoms with E-state index in [1.54, 1.807) is 24.5 Å². The molecule has 0 fully saturated rings. The second-order valence-electron chi connectivity index (χ2n) is 3.96. The molecule has 2 heterocycles. The van der Waals surface area contributed by atoms with Crippen LogP contribution in [0.1, 0.15) is 27.8 Å². The van der Waals surface area contributed by atoms with Crippen LogP contribution < -0.4 is 4.90 Å². The standard InChI is InChI=1S/C14H13N3O3/c1-2-17(10-5-8-15-9-6-10)13(18)12-11(14(19)20)4-3-7-16-12/h3-9H,2H2,1H3,(H,19,20). The van der Waals surface area contributed by atoms with E-state index in [0.29, 0.717) is 12.2 Å². The van der Waals surface area contributed by atoms with E-state index in [0.717, 1.165) is 0 Å². The molecule has 0 spiro atoms. The first-order valence-electron chi connectivity index (χ1n) is 6.05. The van der Waals surface area contributed by atoms with Crippen LogP contribution in [0.2, 0.25) is 0 Å². The maximum atomic E-state index is 12.5. The van der Waals surface area contributed by atoms with Crippen LogP contribution in [0, 0.1) is 0 Å². The second kappa shape index (κ2) is 5.92. The first kappa shape index (κ1) is 13.7. The van der Waals surface area contributed by atoms with Gasteiger partial charge in [0.15, 0.2) is 0 Å². The van der Waals surface area contributed by atoms with E-state index in [4.69, 9.17) is 5.11 Å². The van der Waals surface area contributed by atoms with Crippen molar-refractivity contribution in [2.24, 2.45) is 0 Å². The molecule has 0 bridgehead atoms. The Bertz CT molecular complexity index is 629. The summed E-state index contributed by atoms with van der Waals surface area (Å²) in [5.74, 6) is -1.62. The fourth-order valence-corrected chi connectivity index (χ4v) is 1.84. The summed E-state index contributed by atoms with van der Waals surface area (Å²) >= 11 is 0. The predicted molar refractivity (Wildman–Crippen MR) is 72.8 cm³/mol. The number of rotatable bonds is 4. The summed E-state index contributed by atoms with van der Waals surface area (Å²) < 4.78 is 0. The summed E-state index contributed by atoms with van der Waals surface area (Å²) in [7, 11) is 0. The number of carboxylic acid groups (broad SMARTS) is 1. The van der Waals surface area contributed by atoms with Crippen molar-refractivity contribution in [2.45, 2.75) is 6.92 Å². The van der Waals surface area contributed by atoms with E-state index in [9.17, 15) is 9.59 Å². The third-order valence-electron chi connectivity index (χ3n) is 2.78. The van der Waals surface area contributed by atoms with Gasteiger partial charge in [-0.25, -0.2) is 4.79 Å². The van der Waals surface area contributed by atoms with Crippen molar-refractivity contribution in [3.63, 3.8) is 0 Å². The first-order valence-corrected chi connectivity index (χ1v) is 6.05. The third-order valence-corrected chi connectivity index (χ3v) is 2.78. The van der Waals surface area contributed by atoms with Crippen molar-refractivity contribution < 1.29 is 14.7 Å². The zero-order chi connectivity index (χ0) is 14.5. The summed E-state index contributed by atoms with van der Waals surface area (Å²) in [4.78, 5) is 32.9. The van der Waals surface area contributed by atoms with E-state index in [2.05, 4.69) is 9.97 Å². The number of pyridine rings is 2. The average molecular weight is 271 g/mol. The van der Waals surface area contributed by atoms with Gasteiger partial charge in [0.1, 0.15) is 5.69 Å². The van der Waals surface area contributed by atoms with Gasteiger partial charge < -0.3 is 10.0 Å². The Kier molecular flexibility index (Phi) is 4.05. The molecule has 6 nitrogen and oxygen atoms in total. The number of aromatic carboxylic acids is 1. The van der Waals surface area contributed by atoms with Crippen LogP contribution in [0.25, 0.3) is 0 Å². The minimum absolute atomic E-state index is 0.0707. The predicted octanol–water partition coefficient (Wildman–Crippen LogP) is 1.84. The quantitative estimate of drug-likeness (QED) is 0.917. The molecule has 2 aromatic heterocycles. The summed E-state index contributed by atoms with van der Waals surface area (Å²) in [6.45, 7) is 2.21. The van der Waals surface area contributed by atoms with Gasteiger partial charge in [0.25, 0.3) is 5.91 Å². The smallest absolute Gasteiger partial charge is 0.338 e. The zero-order valence-corrected chi connectivity index (χ0v) is 10.9. The number of carbonyl (C=O) groups is 2. The van der Waals surface area contributed by atoms with Crippen LogP contribution in [-0.2, 0) is 0 Å². The Morgan fingerprint density at radius 2 is 1.90 bits per heavy atom. The van der Waals surface area contributed by atoms with Crippen LogP contribution >= 0.6 is 0 Å². The Labute approximate surface area is 115 Å². The minimum Gasteiger partial charge on any atom is -0.478 e. The van der Waals surface area contributed by atoms with Gasteiger partial charge in [-0.3, -0.25) is 14.8 Å². The molecule has 0 saturated heterocycles. The lowest BCUT2D eigenvalue weighted by atomic mass is 10.1. The normalized spacial score (nSPS) is 10.1. The van der Waals surface area contributed by atoms with Crippen molar-refractivity contribution in [2.75, 3.05) is 11.4 Å². The molecule has 0 aliphatic rings. The number of aromatic nitrogens is 2. The van der Waals surface area contributed by atoms with Gasteiger partial charge in [0.05, 0.1) is 5.56 Å². The van der Waals surface area contributed by atoms with E-state index in [1.165, 1.54) is 23.2 Å². The zero-order valence-electron chi connectivity index (χ0n) is 10.9. The van der Waals surface area contributed by atoms with Crippen LogP contribution in [0.15, 0.2) is 42.9 Å². The van der Waals surface area contributed by atoms with Crippen molar-refractivity contribution in [1.29, 1.82) is 0 Å². The number of nitrogens with zero attached hydrogens (tertiary/aromatic N) is 3. The van der Waals surface area contributed by atoms with E-state index >= 15 is 0 Å². The molecular weight excluding hydrogens is 258 g/mol. The van der Waals surface area contributed by atoms with Gasteiger partial charge in [-0.2, -0.15) is 0 Å². The van der Waals surface area contributed by atoms with Gasteiger partial charge in [0.2, 0.25) is 0 Å². The highest BCUT2D eigenvalue weighted by Gasteiger charge is 2.23. The van der Waals surface area contributed by atoms with Crippen molar-refractivity contribution in [3.8, 4) is 0 Å². The van der Waals surface area contributed by atoms with Gasteiger partial charge in [0, 0.05) is 30.8 Å². The monoisotopic (exact) mass is 271 g/mol. The van der Waals surface area contributed by atoms with Crippen LogP contribution in [0.4, 0.5) is 5.69 Å². The Balaban J connectivity index is 2.42. The summed E-state index contributed by atoms with van der Waals surface area (Å²) in [5, 5.41) is 9.12. The van der Waals surface area contributed by atoms with Gasteiger partial charge >= 0.3 is 5.97 Å². The summed E-state index contributed by atoms with van der Waals surface area (Å²) in [6, 6.07) is 6.22. The fraction of sp³-hybridized carbons (Fsp3) is 0.143. The van der Waals surface area contributed by atoms with Crippen LogP contribution in [0.3, 0.4) is 0 Å². The number of amides is 1. The van der Waals surface area contributed by atoms with Crippen molar-refractivity contribution >= 4 is 17.6 Å². The lowest BCUT2D eigenvalue weighted by Crippen LogP contribution is -2.32. The number of carbonyl (C=O) groups excluding carboxylic acids is 1. The van der Waals surface area contributed by atoms with Crippen molar-refractivity contribution in [3.05, 3.63) is 54.1 Å². The molecule has 0 aliphatic heterocycles. The molecule has 0 atom stereocenters. The molecule has 0 aromatic carbocycles. The van der Waals surface area contributed by atoms with Crippen LogP contribution in [-0.4, -0.2) is 33.5 Å². The molecule has 0 aliphatic carbocycles. The Morgan fingerprint density at radius 1 is 1.20 bits per heavy atom. The molecule has 20 heavy (non-hydrogen) atoms. The van der Waals surface area contributed by atoms with Crippen molar-refractivity contribution in [1.82, 2.24) is 9.97 Å². The Hall–Kier alpha value is -2.76. The summed E-state index contributed by atoms with van der Waals surface area (Å²) in [5.41, 5.74) is 0.471. The van der Waals surface area contributed by atoms with Gasteiger partial charge in [-0.05, 0) is 31.2 Å². The SMILES string of the molecule is CCN(C(=O)c1ncccc1C(=O)O)c1ccncc1. The molecule has 0 saturated carbocycles. The topological polar surface area (TPSA) is 83.4 Å². The molecule has 102 valence electrons. The average Bonchev–Trinajstić information content (AvgIpc) is 2.49. The third kappa shape index (κ3) is 2.64. The molecule has 6 heteroatoms. The molecule has 0 unspecified atom stereocenters. The highest BCUT2D eigenvalue weighted by molar-refractivity contribution is 6.10. The largest absolute Gasteiger partial charge is 0.478 e. The molecule has 2 aromatic rings. The van der Waals surface area contributed by atoms with E-state index in [1.807, 2.05) is 6.92 Å². The minimum atomic E-state index is -1.17. The lowest BCUT2D eigenvalue weighted by molar-refractivity contribution is 0.0691. The highest BCUT2D eigenvalue weighted by Crippen LogP contribution is 2.16. The van der Waals surface area contributed by atoms with E-state index in [-0.39, 0.29) is 11.3 Å². The number of hydrogen-bond donors (Lipinski definition) is 1. The lowest BCUT2D eigenvalue weighted by Gasteiger charge is -2.20. The Morgan fingerprint density at radius 3 is 2.50 bits per heavy atom. The number of anilines is 1. The number of carboxylic acids is 1. The van der Waals surface area contributed by atoms with E-state index < -0.39 is 11.9 Å². The van der Waals surface area contributed by atoms with Crippen LogP contribution in [0.5, 0.6) is 0 Å². The molecular formula is C14H13N3O3. The first-order chi connectivity index (χ1) is 9.65. The van der Waals surface area contributed by atoms with Gasteiger partial charge in [-0.1, -0.05) is 0 Å². The highest BCUT2D eigenvalue weighted by atomic mass is 16.4.